The van der Waals surface area contributed by atoms with Crippen molar-refractivity contribution >= 4 is 29.0 Å². The Morgan fingerprint density at radius 1 is 0.837 bits per heavy atom. The predicted molar refractivity (Wildman–Crippen MR) is 188 cm³/mol. The molecule has 1 aliphatic heterocycles. The summed E-state index contributed by atoms with van der Waals surface area (Å²) in [5, 5.41) is 10.0. The van der Waals surface area contributed by atoms with Crippen molar-refractivity contribution in [1.29, 1.82) is 0 Å². The Labute approximate surface area is 285 Å². The lowest BCUT2D eigenvalue weighted by Crippen LogP contribution is -2.32. The summed E-state index contributed by atoms with van der Waals surface area (Å²) < 4.78 is 41.1. The Kier molecular flexibility index (Phi) is 11.7. The highest BCUT2D eigenvalue weighted by atomic mass is 19.4. The van der Waals surface area contributed by atoms with Crippen molar-refractivity contribution in [2.75, 3.05) is 61.8 Å². The van der Waals surface area contributed by atoms with Crippen molar-refractivity contribution in [3.05, 3.63) is 101 Å². The highest BCUT2D eigenvalue weighted by Gasteiger charge is 2.30. The fraction of sp³-hybridized carbons (Fsp3) is 0.378. The lowest BCUT2D eigenvalue weighted by Gasteiger charge is -2.29. The number of carbonyl (C=O) groups excluding carboxylic acids is 2. The van der Waals surface area contributed by atoms with Crippen LogP contribution in [-0.2, 0) is 12.7 Å². The number of alkyl halides is 3. The number of amides is 2. The Hall–Kier alpha value is -4.68. The Morgan fingerprint density at radius 3 is 2.33 bits per heavy atom. The first-order valence-electron chi connectivity index (χ1n) is 16.8. The van der Waals surface area contributed by atoms with E-state index in [1.807, 2.05) is 24.3 Å². The van der Waals surface area contributed by atoms with Gasteiger partial charge in [0.05, 0.1) is 22.5 Å². The molecule has 1 aliphatic rings. The zero-order chi connectivity index (χ0) is 35.0. The van der Waals surface area contributed by atoms with Gasteiger partial charge in [-0.3, -0.25) is 9.59 Å². The predicted octanol–water partition coefficient (Wildman–Crippen LogP) is 7.16. The average molecular weight is 676 g/mol. The van der Waals surface area contributed by atoms with Crippen molar-refractivity contribution < 1.29 is 22.8 Å². The first-order chi connectivity index (χ1) is 23.5. The van der Waals surface area contributed by atoms with Gasteiger partial charge >= 0.3 is 6.18 Å². The molecule has 2 heterocycles. The molecule has 260 valence electrons. The van der Waals surface area contributed by atoms with Crippen LogP contribution in [0.4, 0.5) is 30.4 Å². The summed E-state index contributed by atoms with van der Waals surface area (Å²) in [6.45, 7) is 10.6. The van der Waals surface area contributed by atoms with E-state index in [0.717, 1.165) is 81.9 Å². The number of carbonyl (C=O) groups is 2. The van der Waals surface area contributed by atoms with Crippen LogP contribution in [0.3, 0.4) is 0 Å². The van der Waals surface area contributed by atoms with Crippen LogP contribution in [0, 0.1) is 0 Å². The Morgan fingerprint density at radius 2 is 1.59 bits per heavy atom. The summed E-state index contributed by atoms with van der Waals surface area (Å²) in [4.78, 5) is 34.1. The van der Waals surface area contributed by atoms with Gasteiger partial charge in [-0.1, -0.05) is 32.0 Å². The minimum atomic E-state index is -4.50. The molecule has 49 heavy (non-hydrogen) atoms. The molecule has 2 N–H and O–H groups in total. The van der Waals surface area contributed by atoms with Crippen LogP contribution in [0.5, 0.6) is 0 Å². The molecular weight excluding hydrogens is 631 g/mol. The number of nitrogens with one attached hydrogen (secondary N) is 2. The Bertz CT molecular complexity index is 1730. The maximum absolute atomic E-state index is 13.8. The van der Waals surface area contributed by atoms with Crippen LogP contribution >= 0.6 is 0 Å². The van der Waals surface area contributed by atoms with E-state index in [1.54, 1.807) is 18.2 Å². The molecule has 1 fully saturated rings. The number of benzene rings is 3. The van der Waals surface area contributed by atoms with Crippen molar-refractivity contribution in [3.63, 3.8) is 0 Å². The van der Waals surface area contributed by atoms with Gasteiger partial charge in [0.25, 0.3) is 11.8 Å². The first-order valence-corrected chi connectivity index (χ1v) is 16.8. The van der Waals surface area contributed by atoms with Gasteiger partial charge in [-0.25, -0.2) is 4.68 Å². The second-order valence-corrected chi connectivity index (χ2v) is 12.3. The van der Waals surface area contributed by atoms with Crippen LogP contribution in [0.25, 0.3) is 5.69 Å². The summed E-state index contributed by atoms with van der Waals surface area (Å²) in [5.41, 5.74) is 2.33. The van der Waals surface area contributed by atoms with Gasteiger partial charge in [-0.15, -0.1) is 0 Å². The van der Waals surface area contributed by atoms with Crippen LogP contribution in [0.2, 0.25) is 0 Å². The van der Waals surface area contributed by atoms with E-state index in [2.05, 4.69) is 51.3 Å². The van der Waals surface area contributed by atoms with Crippen LogP contribution in [-0.4, -0.2) is 77.7 Å². The molecular formula is C37H44F3N7O2. The van der Waals surface area contributed by atoms with Gasteiger partial charge in [-0.05, 0) is 93.5 Å². The van der Waals surface area contributed by atoms with E-state index >= 15 is 0 Å². The quantitative estimate of drug-likeness (QED) is 0.157. The summed E-state index contributed by atoms with van der Waals surface area (Å²) in [6.07, 6.45) is 0.231. The van der Waals surface area contributed by atoms with Crippen molar-refractivity contribution in [1.82, 2.24) is 19.6 Å². The second-order valence-electron chi connectivity index (χ2n) is 12.3. The zero-order valence-electron chi connectivity index (χ0n) is 28.3. The van der Waals surface area contributed by atoms with E-state index in [4.69, 9.17) is 0 Å². The molecule has 0 bridgehead atoms. The van der Waals surface area contributed by atoms with Crippen LogP contribution in [0.15, 0.2) is 79.0 Å². The summed E-state index contributed by atoms with van der Waals surface area (Å²) >= 11 is 0. The van der Waals surface area contributed by atoms with Crippen LogP contribution < -0.4 is 15.5 Å². The fourth-order valence-corrected chi connectivity index (χ4v) is 5.97. The molecule has 0 atom stereocenters. The summed E-state index contributed by atoms with van der Waals surface area (Å²) in [6, 6.07) is 19.2. The number of hydrogen-bond acceptors (Lipinski definition) is 6. The molecule has 2 amide bonds. The lowest BCUT2D eigenvalue weighted by molar-refractivity contribution is -0.137. The van der Waals surface area contributed by atoms with E-state index in [-0.39, 0.29) is 23.0 Å². The third-order valence-electron chi connectivity index (χ3n) is 8.82. The van der Waals surface area contributed by atoms with Crippen molar-refractivity contribution in [2.45, 2.75) is 45.8 Å². The molecule has 1 aromatic heterocycles. The largest absolute Gasteiger partial charge is 0.416 e. The standard InChI is InChI=1S/C37H44F3N7O2/c1-4-45(5-2)22-21-44(3)26-27-11-9-12-28(23-27)35(48)41-33-16-15-30(46-18-7-6-8-19-46)25-32(33)36(49)42-34-17-20-47(43-34)31-14-10-13-29(24-31)37(38,39)40/h9-17,20,23-25H,4-8,18-19,21-22,26H2,1-3H3,(H,41,48)(H,42,43,49). The topological polar surface area (TPSA) is 85.7 Å². The van der Waals surface area contributed by atoms with E-state index in [9.17, 15) is 22.8 Å². The Balaban J connectivity index is 1.34. The molecule has 5 rings (SSSR count). The van der Waals surface area contributed by atoms with Gasteiger partial charge in [0.2, 0.25) is 0 Å². The zero-order valence-corrected chi connectivity index (χ0v) is 28.3. The number of aromatic nitrogens is 2. The van der Waals surface area contributed by atoms with Gasteiger partial charge in [-0.2, -0.15) is 18.3 Å². The maximum Gasteiger partial charge on any atom is 0.416 e. The smallest absolute Gasteiger partial charge is 0.372 e. The minimum Gasteiger partial charge on any atom is -0.372 e. The number of likely N-dealkylation sites (N-methyl/N-ethyl adjacent to an activating group) is 2. The van der Waals surface area contributed by atoms with Gasteiger partial charge in [0.15, 0.2) is 5.82 Å². The summed E-state index contributed by atoms with van der Waals surface area (Å²) in [7, 11) is 2.06. The molecule has 0 saturated carbocycles. The molecule has 0 spiro atoms. The number of nitrogens with zero attached hydrogens (tertiary/aromatic N) is 5. The minimum absolute atomic E-state index is 0.154. The molecule has 4 aromatic rings. The van der Waals surface area contributed by atoms with E-state index in [0.29, 0.717) is 17.8 Å². The molecule has 0 unspecified atom stereocenters. The number of halogens is 3. The molecule has 1 saturated heterocycles. The normalized spacial score (nSPS) is 13.6. The van der Waals surface area contributed by atoms with Gasteiger partial charge in [0, 0.05) is 56.2 Å². The maximum atomic E-state index is 13.8. The molecule has 9 nitrogen and oxygen atoms in total. The number of piperidine rings is 1. The number of rotatable bonds is 13. The van der Waals surface area contributed by atoms with Gasteiger partial charge in [0.1, 0.15) is 0 Å². The molecule has 0 radical (unpaired) electrons. The molecule has 3 aromatic carbocycles. The SMILES string of the molecule is CCN(CC)CCN(C)Cc1cccc(C(=O)Nc2ccc(N3CCCCC3)cc2C(=O)Nc2ccn(-c3cccc(C(F)(F)F)c3)n2)c1. The fourth-order valence-electron chi connectivity index (χ4n) is 5.97. The van der Waals surface area contributed by atoms with Crippen molar-refractivity contribution in [3.8, 4) is 5.69 Å². The monoisotopic (exact) mass is 675 g/mol. The second kappa shape index (κ2) is 16.1. The average Bonchev–Trinajstić information content (AvgIpc) is 3.57. The third kappa shape index (κ3) is 9.48. The third-order valence-corrected chi connectivity index (χ3v) is 8.82. The van der Waals surface area contributed by atoms with E-state index in [1.165, 1.54) is 29.1 Å². The summed E-state index contributed by atoms with van der Waals surface area (Å²) in [5.74, 6) is -0.700. The highest BCUT2D eigenvalue weighted by molar-refractivity contribution is 6.12. The van der Waals surface area contributed by atoms with Crippen LogP contribution in [0.1, 0.15) is 65.0 Å². The first kappa shape index (κ1) is 35.6. The van der Waals surface area contributed by atoms with Gasteiger partial charge < -0.3 is 25.3 Å². The number of anilines is 3. The molecule has 0 aliphatic carbocycles. The highest BCUT2D eigenvalue weighted by Crippen LogP contribution is 2.31. The lowest BCUT2D eigenvalue weighted by atomic mass is 10.1. The van der Waals surface area contributed by atoms with Crippen molar-refractivity contribution in [2.24, 2.45) is 0 Å². The molecule has 12 heteroatoms. The number of hydrogen-bond donors (Lipinski definition) is 2. The van der Waals surface area contributed by atoms with E-state index < -0.39 is 17.6 Å².